The van der Waals surface area contributed by atoms with Gasteiger partial charge in [-0.15, -0.1) is 0 Å². The molecule has 0 aliphatic carbocycles. The van der Waals surface area contributed by atoms with Crippen LogP contribution in [-0.2, 0) is 13.1 Å². The van der Waals surface area contributed by atoms with E-state index in [0.29, 0.717) is 12.3 Å². The zero-order valence-electron chi connectivity index (χ0n) is 16.9. The molecule has 0 N–H and O–H groups in total. The van der Waals surface area contributed by atoms with E-state index in [1.807, 2.05) is 36.4 Å². The molecule has 0 radical (unpaired) electrons. The minimum atomic E-state index is -0.434. The summed E-state index contributed by atoms with van der Waals surface area (Å²) in [5.41, 5.74) is 2.24. The van der Waals surface area contributed by atoms with Gasteiger partial charge in [0.25, 0.3) is 5.91 Å². The van der Waals surface area contributed by atoms with Crippen LogP contribution in [0.5, 0.6) is 5.75 Å². The van der Waals surface area contributed by atoms with Crippen LogP contribution in [-0.4, -0.2) is 28.1 Å². The van der Waals surface area contributed by atoms with Crippen molar-refractivity contribution in [2.75, 3.05) is 7.11 Å². The number of pyridine rings is 1. The van der Waals surface area contributed by atoms with Gasteiger partial charge in [0.15, 0.2) is 0 Å². The highest BCUT2D eigenvalue weighted by molar-refractivity contribution is 5.92. The molecule has 7 heteroatoms. The van der Waals surface area contributed by atoms with Crippen LogP contribution in [0.1, 0.15) is 21.7 Å². The zero-order valence-corrected chi connectivity index (χ0v) is 16.9. The smallest absolute Gasteiger partial charge is 0.293 e. The van der Waals surface area contributed by atoms with E-state index in [0.717, 1.165) is 11.1 Å². The lowest BCUT2D eigenvalue weighted by Crippen LogP contribution is -2.30. The average Bonchev–Trinajstić information content (AvgIpc) is 3.29. The molecule has 2 heterocycles. The van der Waals surface area contributed by atoms with Crippen molar-refractivity contribution < 1.29 is 18.4 Å². The molecule has 0 fully saturated rings. The molecule has 0 bridgehead atoms. The third-order valence-electron chi connectivity index (χ3n) is 4.81. The molecule has 0 unspecified atom stereocenters. The Morgan fingerprint density at radius 1 is 1.06 bits per heavy atom. The normalized spacial score (nSPS) is 10.6. The molecular weight excluding hydrogens is 397 g/mol. The number of carbonyl (C=O) groups excluding carboxylic acids is 1. The summed E-state index contributed by atoms with van der Waals surface area (Å²) >= 11 is 0. The average molecular weight is 417 g/mol. The van der Waals surface area contributed by atoms with E-state index in [2.05, 4.69) is 10.1 Å². The predicted octanol–water partition coefficient (Wildman–Crippen LogP) is 4.73. The van der Waals surface area contributed by atoms with E-state index in [9.17, 15) is 9.18 Å². The number of methoxy groups -OCH3 is 1. The number of ether oxygens (including phenoxy) is 1. The first-order valence-electron chi connectivity index (χ1n) is 9.67. The van der Waals surface area contributed by atoms with Gasteiger partial charge in [0.05, 0.1) is 13.7 Å². The van der Waals surface area contributed by atoms with Crippen LogP contribution in [0.25, 0.3) is 11.3 Å². The predicted molar refractivity (Wildman–Crippen MR) is 113 cm³/mol. The number of amides is 1. The van der Waals surface area contributed by atoms with Gasteiger partial charge in [-0.05, 0) is 29.8 Å². The van der Waals surface area contributed by atoms with Crippen LogP contribution in [0.3, 0.4) is 0 Å². The lowest BCUT2D eigenvalue weighted by molar-refractivity contribution is 0.0686. The number of hydrogen-bond acceptors (Lipinski definition) is 5. The van der Waals surface area contributed by atoms with Gasteiger partial charge < -0.3 is 14.2 Å². The molecular formula is C24H20FN3O3. The third kappa shape index (κ3) is 4.61. The first-order valence-corrected chi connectivity index (χ1v) is 9.67. The van der Waals surface area contributed by atoms with Gasteiger partial charge in [0, 0.05) is 36.1 Å². The minimum Gasteiger partial charge on any atom is -0.496 e. The van der Waals surface area contributed by atoms with Crippen molar-refractivity contribution in [3.63, 3.8) is 0 Å². The van der Waals surface area contributed by atoms with E-state index >= 15 is 0 Å². The van der Waals surface area contributed by atoms with Crippen molar-refractivity contribution in [1.29, 1.82) is 0 Å². The molecule has 1 amide bonds. The lowest BCUT2D eigenvalue weighted by Gasteiger charge is -2.22. The van der Waals surface area contributed by atoms with Crippen molar-refractivity contribution >= 4 is 5.91 Å². The summed E-state index contributed by atoms with van der Waals surface area (Å²) in [6.07, 6.45) is 3.38. The molecule has 2 aromatic carbocycles. The maximum absolute atomic E-state index is 14.1. The van der Waals surface area contributed by atoms with Crippen LogP contribution in [0.15, 0.2) is 83.6 Å². The molecule has 0 atom stereocenters. The van der Waals surface area contributed by atoms with E-state index in [1.54, 1.807) is 42.6 Å². The molecule has 2 aromatic heterocycles. The van der Waals surface area contributed by atoms with Crippen LogP contribution < -0.4 is 4.74 Å². The highest BCUT2D eigenvalue weighted by Crippen LogP contribution is 2.25. The Hall–Kier alpha value is -4.00. The second-order valence-corrected chi connectivity index (χ2v) is 6.89. The van der Waals surface area contributed by atoms with E-state index in [-0.39, 0.29) is 29.5 Å². The van der Waals surface area contributed by atoms with Crippen LogP contribution in [0, 0.1) is 5.82 Å². The number of nitrogens with zero attached hydrogens (tertiary/aromatic N) is 3. The number of para-hydroxylation sites is 1. The molecule has 156 valence electrons. The van der Waals surface area contributed by atoms with Gasteiger partial charge in [0.1, 0.15) is 17.3 Å². The number of halogens is 1. The van der Waals surface area contributed by atoms with Crippen LogP contribution in [0.2, 0.25) is 0 Å². The SMILES string of the molecule is COc1ccccc1CN(Cc1cccnc1)C(=O)c1cc(-c2ccccc2F)no1. The Morgan fingerprint density at radius 2 is 1.87 bits per heavy atom. The van der Waals surface area contributed by atoms with Crippen LogP contribution >= 0.6 is 0 Å². The number of benzene rings is 2. The first kappa shape index (κ1) is 20.3. The van der Waals surface area contributed by atoms with E-state index < -0.39 is 5.82 Å². The fourth-order valence-corrected chi connectivity index (χ4v) is 3.28. The molecule has 4 rings (SSSR count). The van der Waals surface area contributed by atoms with Crippen molar-refractivity contribution in [3.8, 4) is 17.0 Å². The highest BCUT2D eigenvalue weighted by Gasteiger charge is 2.23. The van der Waals surface area contributed by atoms with Gasteiger partial charge >= 0.3 is 0 Å². The van der Waals surface area contributed by atoms with Crippen molar-refractivity contribution in [2.24, 2.45) is 0 Å². The molecule has 0 aliphatic heterocycles. The van der Waals surface area contributed by atoms with Gasteiger partial charge in [-0.2, -0.15) is 0 Å². The van der Waals surface area contributed by atoms with E-state index in [1.165, 1.54) is 12.1 Å². The second kappa shape index (κ2) is 9.21. The summed E-state index contributed by atoms with van der Waals surface area (Å²) in [7, 11) is 1.59. The fraction of sp³-hybridized carbons (Fsp3) is 0.125. The summed E-state index contributed by atoms with van der Waals surface area (Å²) in [5.74, 6) is -0.103. The Morgan fingerprint density at radius 3 is 2.65 bits per heavy atom. The topological polar surface area (TPSA) is 68.5 Å². The third-order valence-corrected chi connectivity index (χ3v) is 4.81. The number of rotatable bonds is 7. The molecule has 31 heavy (non-hydrogen) atoms. The summed E-state index contributed by atoms with van der Waals surface area (Å²) in [6.45, 7) is 0.591. The lowest BCUT2D eigenvalue weighted by atomic mass is 10.1. The number of aromatic nitrogens is 2. The van der Waals surface area contributed by atoms with Gasteiger partial charge in [-0.3, -0.25) is 9.78 Å². The maximum atomic E-state index is 14.1. The molecule has 0 spiro atoms. The van der Waals surface area contributed by atoms with Crippen molar-refractivity contribution in [2.45, 2.75) is 13.1 Å². The largest absolute Gasteiger partial charge is 0.496 e. The molecule has 0 saturated carbocycles. The van der Waals surface area contributed by atoms with Crippen molar-refractivity contribution in [1.82, 2.24) is 15.0 Å². The minimum absolute atomic E-state index is 0.0250. The number of carbonyl (C=O) groups is 1. The quantitative estimate of drug-likeness (QED) is 0.435. The summed E-state index contributed by atoms with van der Waals surface area (Å²) < 4.78 is 24.8. The highest BCUT2D eigenvalue weighted by atomic mass is 19.1. The fourth-order valence-electron chi connectivity index (χ4n) is 3.28. The van der Waals surface area contributed by atoms with E-state index in [4.69, 9.17) is 9.26 Å². The Balaban J connectivity index is 1.64. The van der Waals surface area contributed by atoms with Gasteiger partial charge in [-0.1, -0.05) is 41.6 Å². The Labute approximate surface area is 178 Å². The number of hydrogen-bond donors (Lipinski definition) is 0. The maximum Gasteiger partial charge on any atom is 0.293 e. The second-order valence-electron chi connectivity index (χ2n) is 6.89. The monoisotopic (exact) mass is 417 g/mol. The van der Waals surface area contributed by atoms with Crippen LogP contribution in [0.4, 0.5) is 4.39 Å². The van der Waals surface area contributed by atoms with Gasteiger partial charge in [0.2, 0.25) is 5.76 Å². The standard InChI is InChI=1S/C24H20FN3O3/c1-30-22-11-5-2-8-18(22)16-28(15-17-7-6-12-26-14-17)24(29)23-13-21(27-31-23)19-9-3-4-10-20(19)25/h2-14H,15-16H2,1H3. The molecule has 6 nitrogen and oxygen atoms in total. The summed E-state index contributed by atoms with van der Waals surface area (Å²) in [5, 5.41) is 3.90. The summed E-state index contributed by atoms with van der Waals surface area (Å²) in [6, 6.07) is 18.9. The van der Waals surface area contributed by atoms with Crippen molar-refractivity contribution in [3.05, 3.63) is 102 Å². The Kier molecular flexibility index (Phi) is 6.03. The first-order chi connectivity index (χ1) is 15.2. The zero-order chi connectivity index (χ0) is 21.6. The summed E-state index contributed by atoms with van der Waals surface area (Å²) in [4.78, 5) is 19.1. The molecule has 0 aliphatic rings. The molecule has 0 saturated heterocycles. The Bertz CT molecular complexity index is 1180. The molecule has 4 aromatic rings. The van der Waals surface area contributed by atoms with Gasteiger partial charge in [-0.25, -0.2) is 4.39 Å².